The van der Waals surface area contributed by atoms with Gasteiger partial charge in [-0.25, -0.2) is 4.39 Å². The monoisotopic (exact) mass is 283 g/mol. The van der Waals surface area contributed by atoms with Gasteiger partial charge in [-0.2, -0.15) is 0 Å². The zero-order valence-electron chi connectivity index (χ0n) is 11.2. The summed E-state index contributed by atoms with van der Waals surface area (Å²) in [4.78, 5) is 15.2. The van der Waals surface area contributed by atoms with Crippen molar-refractivity contribution in [3.8, 4) is 0 Å². The number of amides is 1. The molecule has 1 aromatic heterocycles. The first-order valence-corrected chi connectivity index (χ1v) is 6.53. The van der Waals surface area contributed by atoms with Crippen LogP contribution in [-0.2, 0) is 11.2 Å². The van der Waals surface area contributed by atoms with Crippen LogP contribution < -0.4 is 11.1 Å². The van der Waals surface area contributed by atoms with Crippen LogP contribution in [0.5, 0.6) is 0 Å². The van der Waals surface area contributed by atoms with Gasteiger partial charge < -0.3 is 16.0 Å². The standard InChI is InChI=1S/C16H14FN3O/c17-13-6-5-11(8-14(13)18)20-16(21)7-10-9-19-15-4-2-1-3-12(10)15/h1-6,8-9,19H,7,18H2,(H,20,21). The number of halogens is 1. The van der Waals surface area contributed by atoms with Gasteiger partial charge in [0.15, 0.2) is 0 Å². The van der Waals surface area contributed by atoms with Gasteiger partial charge in [0.05, 0.1) is 12.1 Å². The molecule has 5 heteroatoms. The van der Waals surface area contributed by atoms with Crippen molar-refractivity contribution in [2.75, 3.05) is 11.1 Å². The second-order valence-corrected chi connectivity index (χ2v) is 4.82. The van der Waals surface area contributed by atoms with E-state index in [1.807, 2.05) is 30.5 Å². The molecule has 106 valence electrons. The van der Waals surface area contributed by atoms with Crippen LogP contribution in [-0.4, -0.2) is 10.9 Å². The number of benzene rings is 2. The largest absolute Gasteiger partial charge is 0.396 e. The zero-order chi connectivity index (χ0) is 14.8. The first kappa shape index (κ1) is 13.2. The molecule has 0 atom stereocenters. The molecule has 4 nitrogen and oxygen atoms in total. The molecule has 2 aromatic carbocycles. The third-order valence-electron chi connectivity index (χ3n) is 3.31. The Morgan fingerprint density at radius 1 is 1.24 bits per heavy atom. The van der Waals surface area contributed by atoms with Crippen molar-refractivity contribution in [1.29, 1.82) is 0 Å². The maximum Gasteiger partial charge on any atom is 0.228 e. The molecule has 4 N–H and O–H groups in total. The molecule has 0 fully saturated rings. The number of carbonyl (C=O) groups excluding carboxylic acids is 1. The molecule has 0 unspecified atom stereocenters. The number of fused-ring (bicyclic) bond motifs is 1. The minimum absolute atomic E-state index is 0.0138. The first-order valence-electron chi connectivity index (χ1n) is 6.53. The number of carbonyl (C=O) groups is 1. The smallest absolute Gasteiger partial charge is 0.228 e. The highest BCUT2D eigenvalue weighted by Gasteiger charge is 2.09. The van der Waals surface area contributed by atoms with Crippen LogP contribution >= 0.6 is 0 Å². The summed E-state index contributed by atoms with van der Waals surface area (Å²) in [5.74, 6) is -0.671. The van der Waals surface area contributed by atoms with Crippen LogP contribution in [0.3, 0.4) is 0 Å². The Labute approximate surface area is 120 Å². The molecule has 0 spiro atoms. The number of hydrogen-bond donors (Lipinski definition) is 3. The van der Waals surface area contributed by atoms with E-state index in [4.69, 9.17) is 5.73 Å². The van der Waals surface area contributed by atoms with Crippen LogP contribution in [0.25, 0.3) is 10.9 Å². The van der Waals surface area contributed by atoms with E-state index in [2.05, 4.69) is 10.3 Å². The maximum absolute atomic E-state index is 13.1. The predicted octanol–water partition coefficient (Wildman–Crippen LogP) is 3.07. The fourth-order valence-electron chi connectivity index (χ4n) is 2.28. The minimum atomic E-state index is -0.496. The molecule has 3 rings (SSSR count). The molecule has 0 radical (unpaired) electrons. The van der Waals surface area contributed by atoms with E-state index in [9.17, 15) is 9.18 Å². The lowest BCUT2D eigenvalue weighted by Crippen LogP contribution is -2.14. The van der Waals surface area contributed by atoms with Crippen molar-refractivity contribution in [3.05, 3.63) is 60.0 Å². The summed E-state index contributed by atoms with van der Waals surface area (Å²) in [5.41, 5.74) is 7.88. The van der Waals surface area contributed by atoms with Crippen LogP contribution in [0.2, 0.25) is 0 Å². The van der Waals surface area contributed by atoms with Crippen molar-refractivity contribution in [2.24, 2.45) is 0 Å². The number of nitrogen functional groups attached to an aromatic ring is 1. The SMILES string of the molecule is Nc1cc(NC(=O)Cc2c[nH]c3ccccc23)ccc1F. The van der Waals surface area contributed by atoms with E-state index in [1.165, 1.54) is 18.2 Å². The Hall–Kier alpha value is -2.82. The molecule has 0 aliphatic carbocycles. The number of anilines is 2. The Kier molecular flexibility index (Phi) is 3.31. The second kappa shape index (κ2) is 5.28. The van der Waals surface area contributed by atoms with Crippen molar-refractivity contribution >= 4 is 28.2 Å². The molecule has 3 aromatic rings. The highest BCUT2D eigenvalue weighted by molar-refractivity contribution is 5.96. The molecular weight excluding hydrogens is 269 g/mol. The van der Waals surface area contributed by atoms with E-state index < -0.39 is 5.82 Å². The van der Waals surface area contributed by atoms with Crippen LogP contribution in [0.15, 0.2) is 48.7 Å². The number of aromatic nitrogens is 1. The van der Waals surface area contributed by atoms with Gasteiger partial charge in [-0.3, -0.25) is 4.79 Å². The fraction of sp³-hybridized carbons (Fsp3) is 0.0625. The second-order valence-electron chi connectivity index (χ2n) is 4.82. The lowest BCUT2D eigenvalue weighted by molar-refractivity contribution is -0.115. The lowest BCUT2D eigenvalue weighted by atomic mass is 10.1. The summed E-state index contributed by atoms with van der Waals surface area (Å²) >= 11 is 0. The summed E-state index contributed by atoms with van der Waals surface area (Å²) < 4.78 is 13.1. The zero-order valence-corrected chi connectivity index (χ0v) is 11.2. The summed E-state index contributed by atoms with van der Waals surface area (Å²) in [6.07, 6.45) is 2.06. The normalized spacial score (nSPS) is 10.7. The van der Waals surface area contributed by atoms with Gasteiger partial charge in [-0.15, -0.1) is 0 Å². The van der Waals surface area contributed by atoms with Crippen molar-refractivity contribution in [3.63, 3.8) is 0 Å². The van der Waals surface area contributed by atoms with Crippen molar-refractivity contribution < 1.29 is 9.18 Å². The average Bonchev–Trinajstić information content (AvgIpc) is 2.86. The number of H-pyrrole nitrogens is 1. The van der Waals surface area contributed by atoms with Gasteiger partial charge in [0, 0.05) is 22.8 Å². The van der Waals surface area contributed by atoms with Crippen molar-refractivity contribution in [2.45, 2.75) is 6.42 Å². The Morgan fingerprint density at radius 2 is 2.05 bits per heavy atom. The highest BCUT2D eigenvalue weighted by Crippen LogP contribution is 2.20. The molecule has 21 heavy (non-hydrogen) atoms. The average molecular weight is 283 g/mol. The fourth-order valence-corrected chi connectivity index (χ4v) is 2.28. The topological polar surface area (TPSA) is 70.9 Å². The van der Waals surface area contributed by atoms with E-state index in [0.29, 0.717) is 5.69 Å². The number of aromatic amines is 1. The third kappa shape index (κ3) is 2.72. The van der Waals surface area contributed by atoms with E-state index in [-0.39, 0.29) is 18.0 Å². The quantitative estimate of drug-likeness (QED) is 0.646. The van der Waals surface area contributed by atoms with Gasteiger partial charge >= 0.3 is 0 Å². The Bertz CT molecular complexity index is 810. The molecule has 0 saturated heterocycles. The maximum atomic E-state index is 13.1. The van der Waals surface area contributed by atoms with E-state index in [1.54, 1.807) is 0 Å². The molecule has 0 saturated carbocycles. The number of nitrogens with one attached hydrogen (secondary N) is 2. The summed E-state index contributed by atoms with van der Waals surface area (Å²) in [6, 6.07) is 11.9. The summed E-state index contributed by atoms with van der Waals surface area (Å²) in [6.45, 7) is 0. The molecule has 0 aliphatic heterocycles. The van der Waals surface area contributed by atoms with Crippen LogP contribution in [0.4, 0.5) is 15.8 Å². The Balaban J connectivity index is 1.75. The predicted molar refractivity (Wildman–Crippen MR) is 81.4 cm³/mol. The van der Waals surface area contributed by atoms with Gasteiger partial charge in [0.25, 0.3) is 0 Å². The number of para-hydroxylation sites is 1. The summed E-state index contributed by atoms with van der Waals surface area (Å²) in [5, 5.41) is 3.73. The molecule has 0 bridgehead atoms. The van der Waals surface area contributed by atoms with Gasteiger partial charge in [0.1, 0.15) is 5.82 Å². The van der Waals surface area contributed by atoms with Gasteiger partial charge in [-0.1, -0.05) is 18.2 Å². The molecule has 1 heterocycles. The van der Waals surface area contributed by atoms with Crippen LogP contribution in [0, 0.1) is 5.82 Å². The minimum Gasteiger partial charge on any atom is -0.396 e. The highest BCUT2D eigenvalue weighted by atomic mass is 19.1. The van der Waals surface area contributed by atoms with E-state index in [0.717, 1.165) is 16.5 Å². The van der Waals surface area contributed by atoms with Gasteiger partial charge in [-0.05, 0) is 29.8 Å². The first-order chi connectivity index (χ1) is 10.1. The molecular formula is C16H14FN3O. The summed E-state index contributed by atoms with van der Waals surface area (Å²) in [7, 11) is 0. The lowest BCUT2D eigenvalue weighted by Gasteiger charge is -2.06. The van der Waals surface area contributed by atoms with Crippen LogP contribution in [0.1, 0.15) is 5.56 Å². The molecule has 1 amide bonds. The molecule has 0 aliphatic rings. The Morgan fingerprint density at radius 3 is 2.86 bits per heavy atom. The van der Waals surface area contributed by atoms with Gasteiger partial charge in [0.2, 0.25) is 5.91 Å². The number of nitrogens with two attached hydrogens (primary N) is 1. The third-order valence-corrected chi connectivity index (χ3v) is 3.31. The van der Waals surface area contributed by atoms with E-state index >= 15 is 0 Å². The number of hydrogen-bond acceptors (Lipinski definition) is 2. The van der Waals surface area contributed by atoms with Crippen molar-refractivity contribution in [1.82, 2.24) is 4.98 Å². The number of rotatable bonds is 3.